The van der Waals surface area contributed by atoms with Crippen LogP contribution in [-0.4, -0.2) is 51.8 Å². The zero-order valence-electron chi connectivity index (χ0n) is 24.8. The van der Waals surface area contributed by atoms with Gasteiger partial charge in [-0.25, -0.2) is 4.79 Å². The second-order valence-electron chi connectivity index (χ2n) is 10.6. The quantitative estimate of drug-likeness (QED) is 0.111. The van der Waals surface area contributed by atoms with Gasteiger partial charge in [-0.1, -0.05) is 68.4 Å². The van der Waals surface area contributed by atoms with Crippen LogP contribution in [0.1, 0.15) is 44.9 Å². The van der Waals surface area contributed by atoms with Gasteiger partial charge in [0, 0.05) is 6.92 Å². The van der Waals surface area contributed by atoms with E-state index >= 15 is 0 Å². The Balaban J connectivity index is 1.97. The summed E-state index contributed by atoms with van der Waals surface area (Å²) >= 11 is 1.24. The molecule has 236 valence electrons. The molecule has 1 heterocycles. The summed E-state index contributed by atoms with van der Waals surface area (Å²) in [5.74, 6) is -4.70. The molecule has 1 aromatic heterocycles. The van der Waals surface area contributed by atoms with Gasteiger partial charge in [-0.2, -0.15) is 11.3 Å². The Labute approximate surface area is 260 Å². The van der Waals surface area contributed by atoms with Crippen molar-refractivity contribution in [2.45, 2.75) is 57.8 Å². The molecule has 2 amide bonds. The lowest BCUT2D eigenvalue weighted by Gasteiger charge is -2.38. The summed E-state index contributed by atoms with van der Waals surface area (Å²) in [4.78, 5) is 50.1. The summed E-state index contributed by atoms with van der Waals surface area (Å²) in [7, 11) is -2.18. The molecule has 0 bridgehead atoms. The predicted octanol–water partition coefficient (Wildman–Crippen LogP) is 4.62. The van der Waals surface area contributed by atoms with Gasteiger partial charge in [-0.15, -0.1) is 0 Å². The zero-order chi connectivity index (χ0) is 32.4. The Morgan fingerprint density at radius 1 is 0.909 bits per heavy atom. The first-order valence-electron chi connectivity index (χ1n) is 13.9. The van der Waals surface area contributed by atoms with Crippen LogP contribution in [0, 0.1) is 11.8 Å². The van der Waals surface area contributed by atoms with Gasteiger partial charge < -0.3 is 34.9 Å². The van der Waals surface area contributed by atoms with Crippen LogP contribution < -0.4 is 10.6 Å². The molecule has 0 aliphatic heterocycles. The van der Waals surface area contributed by atoms with Gasteiger partial charge in [0.1, 0.15) is 11.4 Å². The maximum absolute atomic E-state index is 13.6. The molecule has 0 fully saturated rings. The molecule has 13 heteroatoms. The van der Waals surface area contributed by atoms with Crippen LogP contribution in [-0.2, 0) is 34.8 Å². The van der Waals surface area contributed by atoms with E-state index in [-0.39, 0.29) is 6.42 Å². The molecule has 11 nitrogen and oxygen atoms in total. The number of esters is 1. The molecule has 6 atom stereocenters. The first-order valence-corrected chi connectivity index (χ1v) is 15.9. The topological polar surface area (TPSA) is 168 Å². The fourth-order valence-corrected chi connectivity index (χ4v) is 5.96. The van der Waals surface area contributed by atoms with Crippen LogP contribution in [0.3, 0.4) is 0 Å². The number of carboxylic acid groups (broad SMARTS) is 1. The Morgan fingerprint density at radius 2 is 1.55 bits per heavy atom. The minimum atomic E-state index is -2.38. The Bertz CT molecular complexity index is 1430. The van der Waals surface area contributed by atoms with E-state index in [1.807, 2.05) is 42.5 Å². The number of nitrogens with one attached hydrogen (secondary N) is 2. The monoisotopic (exact) mass is 644 g/mol. The van der Waals surface area contributed by atoms with Crippen LogP contribution >= 0.6 is 19.8 Å². The zero-order valence-corrected chi connectivity index (χ0v) is 26.7. The first-order chi connectivity index (χ1) is 20.8. The standard InChI is InChI=1S/C31H37N2O9PS/c1-18(2)29(37)41-20(4)42-30(38)33-26(24-14-15-44-17-24)31(39,43-40)25(27(34)32-19(3)28(35)36)16-21-10-12-23(13-11-21)22-8-6-5-7-9-22/h5-15,17-20,25-26,39H,16,43H2,1-4H3,(H,32,34)(H,33,38)(H,35,36). The van der Waals surface area contributed by atoms with Gasteiger partial charge in [0.2, 0.25) is 12.2 Å². The van der Waals surface area contributed by atoms with E-state index in [4.69, 9.17) is 9.47 Å². The molecule has 2 aromatic carbocycles. The van der Waals surface area contributed by atoms with Gasteiger partial charge in [0.25, 0.3) is 0 Å². The van der Waals surface area contributed by atoms with Gasteiger partial charge >= 0.3 is 18.0 Å². The number of carbonyl (C=O) groups excluding carboxylic acids is 3. The maximum Gasteiger partial charge on any atom is 0.410 e. The maximum atomic E-state index is 13.6. The van der Waals surface area contributed by atoms with E-state index in [0.29, 0.717) is 11.1 Å². The van der Waals surface area contributed by atoms with E-state index in [2.05, 4.69) is 10.6 Å². The van der Waals surface area contributed by atoms with Crippen LogP contribution in [0.15, 0.2) is 71.4 Å². The number of carboxylic acids is 1. The van der Waals surface area contributed by atoms with Gasteiger partial charge in [-0.05, 0) is 52.4 Å². The van der Waals surface area contributed by atoms with Crippen molar-refractivity contribution in [2.24, 2.45) is 11.8 Å². The number of aliphatic carboxylic acids is 1. The first kappa shape index (κ1) is 34.5. The van der Waals surface area contributed by atoms with Crippen molar-refractivity contribution in [3.8, 4) is 11.1 Å². The summed E-state index contributed by atoms with van der Waals surface area (Å²) in [5.41, 5.74) is 2.82. The van der Waals surface area contributed by atoms with Crippen molar-refractivity contribution < 1.29 is 43.4 Å². The molecule has 0 saturated heterocycles. The molecule has 6 unspecified atom stereocenters. The number of rotatable bonds is 14. The summed E-state index contributed by atoms with van der Waals surface area (Å²) in [6, 6.07) is 15.7. The molecular formula is C31H37N2O9PS. The fourth-order valence-electron chi connectivity index (χ4n) is 4.42. The molecule has 0 saturated carbocycles. The van der Waals surface area contributed by atoms with Crippen molar-refractivity contribution in [3.63, 3.8) is 0 Å². The van der Waals surface area contributed by atoms with Crippen molar-refractivity contribution in [1.82, 2.24) is 10.6 Å². The highest BCUT2D eigenvalue weighted by Crippen LogP contribution is 2.43. The Morgan fingerprint density at radius 3 is 2.09 bits per heavy atom. The molecule has 44 heavy (non-hydrogen) atoms. The lowest BCUT2D eigenvalue weighted by molar-refractivity contribution is -0.169. The largest absolute Gasteiger partial charge is 0.480 e. The van der Waals surface area contributed by atoms with Gasteiger partial charge in [0.15, 0.2) is 0 Å². The van der Waals surface area contributed by atoms with Crippen molar-refractivity contribution in [1.29, 1.82) is 0 Å². The number of hydrogen-bond donors (Lipinski definition) is 4. The summed E-state index contributed by atoms with van der Waals surface area (Å²) in [6.07, 6.45) is -2.51. The van der Waals surface area contributed by atoms with Crippen LogP contribution in [0.2, 0.25) is 0 Å². The Kier molecular flexibility index (Phi) is 12.3. The number of benzene rings is 2. The predicted molar refractivity (Wildman–Crippen MR) is 167 cm³/mol. The highest BCUT2D eigenvalue weighted by molar-refractivity contribution is 7.25. The molecule has 4 N–H and O–H groups in total. The third-order valence-electron chi connectivity index (χ3n) is 6.92. The van der Waals surface area contributed by atoms with Gasteiger partial charge in [-0.3, -0.25) is 14.4 Å². The average molecular weight is 645 g/mol. The molecule has 0 radical (unpaired) electrons. The van der Waals surface area contributed by atoms with Crippen LogP contribution in [0.5, 0.6) is 0 Å². The number of alkyl carbamates (subject to hydrolysis) is 1. The van der Waals surface area contributed by atoms with Crippen molar-refractivity contribution in [3.05, 3.63) is 82.6 Å². The Hall–Kier alpha value is -3.99. The van der Waals surface area contributed by atoms with Crippen molar-refractivity contribution >= 4 is 43.7 Å². The fraction of sp³-hybridized carbons (Fsp3) is 0.355. The molecule has 0 spiro atoms. The minimum Gasteiger partial charge on any atom is -0.480 e. The van der Waals surface area contributed by atoms with E-state index in [9.17, 15) is 34.0 Å². The number of ether oxygens (including phenoxy) is 2. The molecule has 0 aliphatic carbocycles. The van der Waals surface area contributed by atoms with Crippen LogP contribution in [0.4, 0.5) is 4.79 Å². The number of aliphatic hydroxyl groups is 1. The van der Waals surface area contributed by atoms with E-state index in [1.165, 1.54) is 25.2 Å². The highest BCUT2D eigenvalue weighted by Gasteiger charge is 2.49. The average Bonchev–Trinajstić information content (AvgIpc) is 3.53. The second-order valence-corrected chi connectivity index (χ2v) is 12.5. The van der Waals surface area contributed by atoms with Crippen molar-refractivity contribution in [2.75, 3.05) is 0 Å². The molecule has 3 rings (SSSR count). The normalized spacial score (nSPS) is 15.5. The smallest absolute Gasteiger partial charge is 0.410 e. The summed E-state index contributed by atoms with van der Waals surface area (Å²) in [6.45, 7) is 5.84. The lowest BCUT2D eigenvalue weighted by Crippen LogP contribution is -2.54. The SMILES string of the molecule is CC(OC(=O)NC(c1ccsc1)C(O)([PH2]=O)C(Cc1ccc(-c2ccccc2)cc1)C(=O)NC(C)C(=O)O)OC(=O)C(C)C. The second kappa shape index (κ2) is 15.7. The number of thiophene rings is 1. The number of amides is 2. The third kappa shape index (κ3) is 9.01. The van der Waals surface area contributed by atoms with Gasteiger partial charge in [0.05, 0.1) is 26.3 Å². The van der Waals surface area contributed by atoms with E-state index in [0.717, 1.165) is 11.1 Å². The molecule has 0 aliphatic rings. The minimum absolute atomic E-state index is 0.140. The molecule has 3 aromatic rings. The van der Waals surface area contributed by atoms with Crippen LogP contribution in [0.25, 0.3) is 11.1 Å². The molecular weight excluding hydrogens is 607 g/mol. The summed E-state index contributed by atoms with van der Waals surface area (Å²) in [5, 5.41) is 27.3. The number of carbonyl (C=O) groups is 4. The van der Waals surface area contributed by atoms with E-state index in [1.54, 1.807) is 42.8 Å². The lowest BCUT2D eigenvalue weighted by atomic mass is 9.85. The van der Waals surface area contributed by atoms with E-state index < -0.39 is 68.0 Å². The highest BCUT2D eigenvalue weighted by atomic mass is 32.1. The third-order valence-corrected chi connectivity index (χ3v) is 8.74. The summed E-state index contributed by atoms with van der Waals surface area (Å²) < 4.78 is 23.2. The number of hydrogen-bond acceptors (Lipinski definition) is 9.